The Morgan fingerprint density at radius 3 is 1.08 bits per heavy atom. The summed E-state index contributed by atoms with van der Waals surface area (Å²) in [6.45, 7) is 12.4. The fraction of sp³-hybridized carbons (Fsp3) is 0.480. The summed E-state index contributed by atoms with van der Waals surface area (Å²) >= 11 is 0. The standard InChI is InChI=1S/C50H64F2O10/c1-37(2)47(53)59-33-21-17-13-9-5-7-11-15-19-31-57-41-27-23-39(24-28-41)49(55)61-43-35-44(51)46(45(52)36-43)62-50(56)40-25-29-42(30-26-40)58-32-20-16-12-8-6-10-14-18-22-34-60-48(54)38(3)4/h23-30,35-36H,1,3,5-22,31-34H2,2,4H3. The molecule has 0 spiro atoms. The first-order valence-corrected chi connectivity index (χ1v) is 22.0. The van der Waals surface area contributed by atoms with Crippen molar-refractivity contribution >= 4 is 23.9 Å². The van der Waals surface area contributed by atoms with Crippen LogP contribution in [0.1, 0.15) is 150 Å². The van der Waals surface area contributed by atoms with E-state index < -0.39 is 29.3 Å². The molecule has 0 saturated heterocycles. The molecule has 0 heterocycles. The summed E-state index contributed by atoms with van der Waals surface area (Å²) in [4.78, 5) is 48.1. The number of carbonyl (C=O) groups excluding carboxylic acids is 4. The number of hydrogen-bond acceptors (Lipinski definition) is 10. The number of benzene rings is 3. The molecule has 338 valence electrons. The van der Waals surface area contributed by atoms with Gasteiger partial charge in [0.05, 0.1) is 37.6 Å². The minimum atomic E-state index is -1.21. The Balaban J connectivity index is 1.26. The van der Waals surface area contributed by atoms with Crippen molar-refractivity contribution in [2.75, 3.05) is 26.4 Å². The molecule has 10 nitrogen and oxygen atoms in total. The molecular weight excluding hydrogens is 799 g/mol. The predicted molar refractivity (Wildman–Crippen MR) is 235 cm³/mol. The number of ether oxygens (including phenoxy) is 6. The van der Waals surface area contributed by atoms with Crippen LogP contribution in [0.25, 0.3) is 0 Å². The second-order valence-electron chi connectivity index (χ2n) is 15.4. The van der Waals surface area contributed by atoms with Crippen molar-refractivity contribution in [2.45, 2.75) is 129 Å². The molecule has 12 heteroatoms. The minimum absolute atomic E-state index is 0.0728. The third-order valence-corrected chi connectivity index (χ3v) is 9.84. The number of esters is 4. The molecule has 0 unspecified atom stereocenters. The zero-order valence-corrected chi connectivity index (χ0v) is 36.6. The molecule has 0 bridgehead atoms. The van der Waals surface area contributed by atoms with Crippen molar-refractivity contribution in [3.8, 4) is 23.0 Å². The quantitative estimate of drug-likeness (QED) is 0.0259. The third kappa shape index (κ3) is 20.8. The average Bonchev–Trinajstić information content (AvgIpc) is 3.25. The minimum Gasteiger partial charge on any atom is -0.494 e. The monoisotopic (exact) mass is 862 g/mol. The lowest BCUT2D eigenvalue weighted by molar-refractivity contribution is -0.139. The Bertz CT molecular complexity index is 1830. The van der Waals surface area contributed by atoms with Crippen LogP contribution in [0.5, 0.6) is 23.0 Å². The lowest BCUT2D eigenvalue weighted by Crippen LogP contribution is -2.12. The second-order valence-corrected chi connectivity index (χ2v) is 15.4. The molecular formula is C50H64F2O10. The van der Waals surface area contributed by atoms with Crippen LogP contribution < -0.4 is 18.9 Å². The Kier molecular flexibility index (Phi) is 24.3. The van der Waals surface area contributed by atoms with E-state index in [1.54, 1.807) is 38.1 Å². The van der Waals surface area contributed by atoms with E-state index in [0.29, 0.717) is 49.1 Å². The van der Waals surface area contributed by atoms with Crippen LogP contribution in [0, 0.1) is 11.6 Å². The van der Waals surface area contributed by atoms with Crippen molar-refractivity contribution < 1.29 is 56.4 Å². The molecule has 0 fully saturated rings. The molecule has 0 saturated carbocycles. The highest BCUT2D eigenvalue weighted by molar-refractivity contribution is 5.92. The van der Waals surface area contributed by atoms with Crippen LogP contribution in [0.3, 0.4) is 0 Å². The molecule has 0 aromatic heterocycles. The van der Waals surface area contributed by atoms with Gasteiger partial charge in [-0.25, -0.2) is 28.0 Å². The lowest BCUT2D eigenvalue weighted by Gasteiger charge is -2.11. The maximum Gasteiger partial charge on any atom is 0.343 e. The Morgan fingerprint density at radius 1 is 0.435 bits per heavy atom. The third-order valence-electron chi connectivity index (χ3n) is 9.84. The molecule has 0 radical (unpaired) electrons. The normalized spacial score (nSPS) is 10.8. The van der Waals surface area contributed by atoms with Gasteiger partial charge in [0.25, 0.3) is 0 Å². The van der Waals surface area contributed by atoms with Gasteiger partial charge in [-0.1, -0.05) is 103 Å². The van der Waals surface area contributed by atoms with Gasteiger partial charge in [0.15, 0.2) is 11.6 Å². The fourth-order valence-corrected chi connectivity index (χ4v) is 6.22. The van der Waals surface area contributed by atoms with E-state index in [2.05, 4.69) is 13.2 Å². The Hall–Kier alpha value is -5.52. The highest BCUT2D eigenvalue weighted by Gasteiger charge is 2.20. The van der Waals surface area contributed by atoms with E-state index in [1.165, 1.54) is 30.7 Å². The van der Waals surface area contributed by atoms with Gasteiger partial charge < -0.3 is 28.4 Å². The van der Waals surface area contributed by atoms with Crippen LogP contribution in [0.2, 0.25) is 0 Å². The van der Waals surface area contributed by atoms with E-state index in [1.807, 2.05) is 0 Å². The first kappa shape index (κ1) is 50.8. The van der Waals surface area contributed by atoms with Gasteiger partial charge in [-0.2, -0.15) is 0 Å². The fourth-order valence-electron chi connectivity index (χ4n) is 6.22. The van der Waals surface area contributed by atoms with Crippen molar-refractivity contribution in [2.24, 2.45) is 0 Å². The summed E-state index contributed by atoms with van der Waals surface area (Å²) in [5.41, 5.74) is 1.08. The van der Waals surface area contributed by atoms with Gasteiger partial charge in [-0.05, 0) is 88.1 Å². The Labute approximate surface area is 366 Å². The molecule has 3 rings (SSSR count). The van der Waals surface area contributed by atoms with E-state index in [4.69, 9.17) is 28.4 Å². The summed E-state index contributed by atoms with van der Waals surface area (Å²) in [7, 11) is 0. The number of rotatable bonds is 32. The van der Waals surface area contributed by atoms with Crippen molar-refractivity contribution in [3.05, 3.63) is 108 Å². The largest absolute Gasteiger partial charge is 0.494 e. The lowest BCUT2D eigenvalue weighted by atomic mass is 10.1. The maximum absolute atomic E-state index is 14.9. The van der Waals surface area contributed by atoms with E-state index in [0.717, 1.165) is 121 Å². The molecule has 0 amide bonds. The molecule has 62 heavy (non-hydrogen) atoms. The topological polar surface area (TPSA) is 124 Å². The number of halogens is 2. The highest BCUT2D eigenvalue weighted by Crippen LogP contribution is 2.29. The molecule has 3 aromatic carbocycles. The number of carbonyl (C=O) groups is 4. The Morgan fingerprint density at radius 2 is 0.742 bits per heavy atom. The van der Waals surface area contributed by atoms with Crippen molar-refractivity contribution in [3.63, 3.8) is 0 Å². The molecule has 0 N–H and O–H groups in total. The van der Waals surface area contributed by atoms with Crippen LogP contribution in [-0.4, -0.2) is 50.3 Å². The molecule has 0 aliphatic heterocycles. The summed E-state index contributed by atoms with van der Waals surface area (Å²) < 4.78 is 61.8. The van der Waals surface area contributed by atoms with Gasteiger partial charge in [-0.3, -0.25) is 0 Å². The molecule has 3 aromatic rings. The molecule has 0 aliphatic rings. The van der Waals surface area contributed by atoms with Gasteiger partial charge in [0.1, 0.15) is 17.2 Å². The highest BCUT2D eigenvalue weighted by atomic mass is 19.1. The van der Waals surface area contributed by atoms with E-state index in [-0.39, 0.29) is 28.8 Å². The average molecular weight is 863 g/mol. The van der Waals surface area contributed by atoms with Crippen LogP contribution >= 0.6 is 0 Å². The van der Waals surface area contributed by atoms with Crippen LogP contribution in [-0.2, 0) is 19.1 Å². The number of unbranched alkanes of at least 4 members (excludes halogenated alkanes) is 16. The summed E-state index contributed by atoms with van der Waals surface area (Å²) in [5.74, 6) is -5.03. The van der Waals surface area contributed by atoms with Crippen molar-refractivity contribution in [1.29, 1.82) is 0 Å². The van der Waals surface area contributed by atoms with Crippen molar-refractivity contribution in [1.82, 2.24) is 0 Å². The first-order chi connectivity index (χ1) is 29.9. The van der Waals surface area contributed by atoms with Crippen LogP contribution in [0.4, 0.5) is 8.78 Å². The number of hydrogen-bond donors (Lipinski definition) is 0. The van der Waals surface area contributed by atoms with Crippen LogP contribution in [0.15, 0.2) is 85.0 Å². The summed E-state index contributed by atoms with van der Waals surface area (Å²) in [6, 6.07) is 13.9. The van der Waals surface area contributed by atoms with Gasteiger partial charge in [0, 0.05) is 23.3 Å². The summed E-state index contributed by atoms with van der Waals surface area (Å²) in [6.07, 6.45) is 19.1. The maximum atomic E-state index is 14.9. The van der Waals surface area contributed by atoms with Gasteiger partial charge >= 0.3 is 23.9 Å². The zero-order chi connectivity index (χ0) is 45.0. The second kappa shape index (κ2) is 29.7. The predicted octanol–water partition coefficient (Wildman–Crippen LogP) is 12.4. The van der Waals surface area contributed by atoms with Gasteiger partial charge in [0.2, 0.25) is 5.75 Å². The SMILES string of the molecule is C=C(C)C(=O)OCCCCCCCCCCCOc1ccc(C(=O)Oc2cc(F)c(OC(=O)c3ccc(OCCCCCCCCCCCOC(=O)C(=C)C)cc3)c(F)c2)cc1. The van der Waals surface area contributed by atoms with E-state index >= 15 is 0 Å². The molecule has 0 aliphatic carbocycles. The summed E-state index contributed by atoms with van der Waals surface area (Å²) in [5, 5.41) is 0. The van der Waals surface area contributed by atoms with Gasteiger partial charge in [-0.15, -0.1) is 0 Å². The smallest absolute Gasteiger partial charge is 0.343 e. The first-order valence-electron chi connectivity index (χ1n) is 22.0. The molecule has 0 atom stereocenters. The van der Waals surface area contributed by atoms with E-state index in [9.17, 15) is 28.0 Å². The zero-order valence-electron chi connectivity index (χ0n) is 36.6.